The van der Waals surface area contributed by atoms with Crippen LogP contribution in [-0.4, -0.2) is 23.5 Å². The zero-order valence-corrected chi connectivity index (χ0v) is 9.31. The van der Waals surface area contributed by atoms with Crippen LogP contribution < -0.4 is 4.90 Å². The van der Waals surface area contributed by atoms with Crippen LogP contribution in [0.15, 0.2) is 12.1 Å². The van der Waals surface area contributed by atoms with Gasteiger partial charge in [-0.1, -0.05) is 11.6 Å². The molecule has 16 heavy (non-hydrogen) atoms. The van der Waals surface area contributed by atoms with Crippen molar-refractivity contribution in [2.24, 2.45) is 0 Å². The number of nitrogens with zero attached hydrogens (tertiary/aromatic N) is 4. The monoisotopic (exact) mass is 240 g/mol. The first-order valence-corrected chi connectivity index (χ1v) is 4.83. The number of aromatic nitrogens is 1. The molecule has 0 saturated heterocycles. The minimum absolute atomic E-state index is 0.121. The third-order valence-corrected chi connectivity index (χ3v) is 2.15. The van der Waals surface area contributed by atoms with Crippen LogP contribution in [0.5, 0.6) is 0 Å². The van der Waals surface area contributed by atoms with Gasteiger partial charge in [0.15, 0.2) is 0 Å². The number of hydrogen-bond acceptors (Lipinski definition) is 5. The van der Waals surface area contributed by atoms with Crippen molar-refractivity contribution in [2.75, 3.05) is 18.5 Å². The smallest absolute Gasteiger partial charge is 0.311 e. The minimum atomic E-state index is -0.526. The molecule has 84 valence electrons. The Morgan fingerprint density at radius 2 is 2.38 bits per heavy atom. The summed E-state index contributed by atoms with van der Waals surface area (Å²) in [7, 11) is 1.63. The Labute approximate surface area is 97.2 Å². The highest BCUT2D eigenvalue weighted by molar-refractivity contribution is 6.29. The first kappa shape index (κ1) is 12.2. The highest BCUT2D eigenvalue weighted by Crippen LogP contribution is 2.26. The van der Waals surface area contributed by atoms with E-state index >= 15 is 0 Å². The van der Waals surface area contributed by atoms with Gasteiger partial charge in [0.05, 0.1) is 17.4 Å². The van der Waals surface area contributed by atoms with Gasteiger partial charge in [0.25, 0.3) is 0 Å². The van der Waals surface area contributed by atoms with E-state index in [1.54, 1.807) is 7.05 Å². The van der Waals surface area contributed by atoms with E-state index in [4.69, 9.17) is 16.9 Å². The van der Waals surface area contributed by atoms with Crippen LogP contribution in [0.3, 0.4) is 0 Å². The van der Waals surface area contributed by atoms with Gasteiger partial charge in [-0.3, -0.25) is 10.1 Å². The molecule has 0 unspecified atom stereocenters. The lowest BCUT2D eigenvalue weighted by atomic mass is 10.3. The van der Waals surface area contributed by atoms with E-state index in [1.807, 2.05) is 6.07 Å². The van der Waals surface area contributed by atoms with Crippen LogP contribution >= 0.6 is 11.6 Å². The molecule has 1 aromatic rings. The zero-order chi connectivity index (χ0) is 12.1. The van der Waals surface area contributed by atoms with Crippen molar-refractivity contribution in [2.45, 2.75) is 6.42 Å². The van der Waals surface area contributed by atoms with Gasteiger partial charge >= 0.3 is 5.69 Å². The molecule has 0 aromatic carbocycles. The zero-order valence-electron chi connectivity index (χ0n) is 8.55. The highest BCUT2D eigenvalue weighted by Gasteiger charge is 2.18. The number of nitro groups is 1. The number of nitriles is 1. The quantitative estimate of drug-likeness (QED) is 0.457. The third-order valence-electron chi connectivity index (χ3n) is 1.94. The Morgan fingerprint density at radius 1 is 1.69 bits per heavy atom. The first-order valence-electron chi connectivity index (χ1n) is 4.45. The summed E-state index contributed by atoms with van der Waals surface area (Å²) in [6, 6.07) is 4.62. The molecule has 0 aliphatic carbocycles. The van der Waals surface area contributed by atoms with Gasteiger partial charge in [-0.2, -0.15) is 5.26 Å². The molecule has 0 fully saturated rings. The van der Waals surface area contributed by atoms with Gasteiger partial charge < -0.3 is 4.90 Å². The average Bonchev–Trinajstić information content (AvgIpc) is 2.25. The predicted octanol–water partition coefficient (Wildman–Crippen LogP) is 1.99. The molecule has 0 saturated carbocycles. The lowest BCUT2D eigenvalue weighted by molar-refractivity contribution is -0.384. The molecule has 0 bridgehead atoms. The molecular weight excluding hydrogens is 232 g/mol. The maximum atomic E-state index is 10.7. The maximum absolute atomic E-state index is 10.7. The second-order valence-electron chi connectivity index (χ2n) is 3.06. The molecular formula is C9H9ClN4O2. The lowest BCUT2D eigenvalue weighted by Crippen LogP contribution is -2.20. The fraction of sp³-hybridized carbons (Fsp3) is 0.333. The number of anilines is 1. The van der Waals surface area contributed by atoms with Gasteiger partial charge in [0.2, 0.25) is 5.82 Å². The van der Waals surface area contributed by atoms with Crippen LogP contribution in [-0.2, 0) is 0 Å². The number of pyridine rings is 1. The van der Waals surface area contributed by atoms with Crippen molar-refractivity contribution < 1.29 is 4.92 Å². The predicted molar refractivity (Wildman–Crippen MR) is 59.4 cm³/mol. The molecule has 1 rings (SSSR count). The van der Waals surface area contributed by atoms with Crippen LogP contribution in [0, 0.1) is 21.4 Å². The fourth-order valence-corrected chi connectivity index (χ4v) is 1.31. The van der Waals surface area contributed by atoms with Gasteiger partial charge in [-0.15, -0.1) is 0 Å². The van der Waals surface area contributed by atoms with Crippen molar-refractivity contribution in [1.82, 2.24) is 4.98 Å². The summed E-state index contributed by atoms with van der Waals surface area (Å²) in [4.78, 5) is 15.6. The molecule has 1 aromatic heterocycles. The fourth-order valence-electron chi connectivity index (χ4n) is 1.16. The molecule has 0 amide bonds. The van der Waals surface area contributed by atoms with E-state index in [0.29, 0.717) is 6.54 Å². The van der Waals surface area contributed by atoms with E-state index in [9.17, 15) is 10.1 Å². The van der Waals surface area contributed by atoms with Crippen molar-refractivity contribution in [3.05, 3.63) is 27.4 Å². The number of rotatable bonds is 4. The Balaban J connectivity index is 3.05. The average molecular weight is 241 g/mol. The van der Waals surface area contributed by atoms with Crippen molar-refractivity contribution in [1.29, 1.82) is 5.26 Å². The second-order valence-corrected chi connectivity index (χ2v) is 3.45. The molecule has 0 N–H and O–H groups in total. The topological polar surface area (TPSA) is 83.1 Å². The normalized spacial score (nSPS) is 9.56. The van der Waals surface area contributed by atoms with Gasteiger partial charge in [0.1, 0.15) is 5.15 Å². The SMILES string of the molecule is CN(CCC#N)c1nc(Cl)ccc1[N+](=O)[O-]. The summed E-state index contributed by atoms with van der Waals surface area (Å²) in [6.07, 6.45) is 0.266. The highest BCUT2D eigenvalue weighted by atomic mass is 35.5. The largest absolute Gasteiger partial charge is 0.353 e. The van der Waals surface area contributed by atoms with Gasteiger partial charge in [-0.25, -0.2) is 4.98 Å². The standard InChI is InChI=1S/C9H9ClN4O2/c1-13(6-2-5-11)9-7(14(15)16)3-4-8(10)12-9/h3-4H,2,6H2,1H3. The van der Waals surface area contributed by atoms with E-state index in [1.165, 1.54) is 17.0 Å². The molecule has 0 spiro atoms. The molecule has 0 atom stereocenters. The van der Waals surface area contributed by atoms with E-state index in [2.05, 4.69) is 4.98 Å². The summed E-state index contributed by atoms with van der Waals surface area (Å²) < 4.78 is 0. The van der Waals surface area contributed by atoms with Crippen molar-refractivity contribution >= 4 is 23.1 Å². The first-order chi connectivity index (χ1) is 7.56. The van der Waals surface area contributed by atoms with Crippen LogP contribution in [0.25, 0.3) is 0 Å². The molecule has 1 heterocycles. The van der Waals surface area contributed by atoms with Crippen LogP contribution in [0.4, 0.5) is 11.5 Å². The summed E-state index contributed by atoms with van der Waals surface area (Å²) >= 11 is 5.67. The van der Waals surface area contributed by atoms with Crippen molar-refractivity contribution in [3.63, 3.8) is 0 Å². The van der Waals surface area contributed by atoms with Gasteiger partial charge in [0, 0.05) is 19.7 Å². The summed E-state index contributed by atoms with van der Waals surface area (Å²) in [5, 5.41) is 19.4. The molecule has 7 heteroatoms. The molecule has 0 aliphatic heterocycles. The van der Waals surface area contributed by atoms with Crippen molar-refractivity contribution in [3.8, 4) is 6.07 Å². The Bertz CT molecular complexity index is 444. The third kappa shape index (κ3) is 2.81. The number of halogens is 1. The van der Waals surface area contributed by atoms with E-state index in [0.717, 1.165) is 0 Å². The molecule has 0 radical (unpaired) electrons. The Hall–Kier alpha value is -1.87. The van der Waals surface area contributed by atoms with Crippen LogP contribution in [0.1, 0.15) is 6.42 Å². The maximum Gasteiger partial charge on any atom is 0.311 e. The molecule has 6 nitrogen and oxygen atoms in total. The minimum Gasteiger partial charge on any atom is -0.353 e. The van der Waals surface area contributed by atoms with E-state index < -0.39 is 4.92 Å². The lowest BCUT2D eigenvalue weighted by Gasteiger charge is -2.16. The molecule has 0 aliphatic rings. The second kappa shape index (κ2) is 5.28. The number of hydrogen-bond donors (Lipinski definition) is 0. The van der Waals surface area contributed by atoms with Crippen LogP contribution in [0.2, 0.25) is 5.15 Å². The summed E-state index contributed by atoms with van der Waals surface area (Å²) in [5.41, 5.74) is -0.121. The summed E-state index contributed by atoms with van der Waals surface area (Å²) in [6.45, 7) is 0.366. The van der Waals surface area contributed by atoms with E-state index in [-0.39, 0.29) is 23.1 Å². The summed E-state index contributed by atoms with van der Waals surface area (Å²) in [5.74, 6) is 0.174. The Kier molecular flexibility index (Phi) is 4.03. The van der Waals surface area contributed by atoms with Gasteiger partial charge in [-0.05, 0) is 6.07 Å². The Morgan fingerprint density at radius 3 is 2.94 bits per heavy atom.